The summed E-state index contributed by atoms with van der Waals surface area (Å²) in [5, 5.41) is 11.9. The average molecular weight is 692 g/mol. The van der Waals surface area contributed by atoms with Crippen molar-refractivity contribution in [2.45, 2.75) is 46.3 Å². The molecule has 2 aliphatic rings. The summed E-state index contributed by atoms with van der Waals surface area (Å²) in [6.07, 6.45) is 4.15. The molecule has 2 fully saturated rings. The monoisotopic (exact) mass is 691 g/mol. The molecular weight excluding hydrogens is 646 g/mol. The van der Waals surface area contributed by atoms with E-state index in [-0.39, 0.29) is 29.9 Å². The lowest BCUT2D eigenvalue weighted by molar-refractivity contribution is -0.134. The number of nitrogens with zero attached hydrogens (tertiary/aromatic N) is 10. The van der Waals surface area contributed by atoms with Crippen molar-refractivity contribution >= 4 is 34.4 Å². The molecule has 2 aliphatic heterocycles. The van der Waals surface area contributed by atoms with Crippen molar-refractivity contribution in [3.05, 3.63) is 61.1 Å². The highest BCUT2D eigenvalue weighted by Gasteiger charge is 2.35. The Morgan fingerprint density at radius 2 is 1.80 bits per heavy atom. The van der Waals surface area contributed by atoms with Gasteiger partial charge in [-0.3, -0.25) is 29.2 Å². The number of nitrogens with one attached hydrogen (secondary N) is 1. The van der Waals surface area contributed by atoms with Crippen LogP contribution in [0.15, 0.2) is 61.1 Å². The largest absolute Gasteiger partial charge is 0.475 e. The van der Waals surface area contributed by atoms with Crippen molar-refractivity contribution in [1.29, 1.82) is 0 Å². The molecule has 266 valence electrons. The van der Waals surface area contributed by atoms with Crippen molar-refractivity contribution in [2.24, 2.45) is 13.0 Å². The van der Waals surface area contributed by atoms with Gasteiger partial charge in [-0.15, -0.1) is 0 Å². The second-order valence-corrected chi connectivity index (χ2v) is 13.7. The first-order valence-corrected chi connectivity index (χ1v) is 17.7. The summed E-state index contributed by atoms with van der Waals surface area (Å²) in [6, 6.07) is 15.8. The van der Waals surface area contributed by atoms with Crippen LogP contribution in [0.4, 0.5) is 11.5 Å². The van der Waals surface area contributed by atoms with Crippen molar-refractivity contribution in [2.75, 3.05) is 55.6 Å². The van der Waals surface area contributed by atoms with Crippen LogP contribution < -0.4 is 14.5 Å². The highest BCUT2D eigenvalue weighted by molar-refractivity contribution is 5.97. The molecule has 2 atom stereocenters. The maximum absolute atomic E-state index is 13.9. The maximum Gasteiger partial charge on any atom is 0.237 e. The van der Waals surface area contributed by atoms with Crippen LogP contribution >= 0.6 is 0 Å². The van der Waals surface area contributed by atoms with Gasteiger partial charge in [0.2, 0.25) is 17.7 Å². The molecule has 0 spiro atoms. The molecule has 0 aliphatic carbocycles. The number of piperazine rings is 1. The van der Waals surface area contributed by atoms with Gasteiger partial charge in [-0.25, -0.2) is 15.0 Å². The highest BCUT2D eigenvalue weighted by Crippen LogP contribution is 2.29. The number of rotatable bonds is 10. The van der Waals surface area contributed by atoms with Gasteiger partial charge >= 0.3 is 0 Å². The first-order valence-electron chi connectivity index (χ1n) is 17.7. The number of likely N-dealkylation sites (tertiary alicyclic amines) is 1. The summed E-state index contributed by atoms with van der Waals surface area (Å²) in [7, 11) is 1.86. The molecule has 51 heavy (non-hydrogen) atoms. The normalized spacial score (nSPS) is 18.2. The van der Waals surface area contributed by atoms with Gasteiger partial charge in [-0.1, -0.05) is 0 Å². The van der Waals surface area contributed by atoms with Gasteiger partial charge < -0.3 is 14.5 Å². The zero-order chi connectivity index (χ0) is 35.6. The third-order valence-corrected chi connectivity index (χ3v) is 9.64. The average Bonchev–Trinajstić information content (AvgIpc) is 3.89. The van der Waals surface area contributed by atoms with Gasteiger partial charge in [0.25, 0.3) is 0 Å². The number of hydrogen-bond acceptors (Lipinski definition) is 10. The van der Waals surface area contributed by atoms with E-state index < -0.39 is 0 Å². The molecule has 7 rings (SSSR count). The van der Waals surface area contributed by atoms with E-state index in [9.17, 15) is 9.59 Å². The summed E-state index contributed by atoms with van der Waals surface area (Å²) in [6.45, 7) is 12.2. The van der Waals surface area contributed by atoms with E-state index in [1.54, 1.807) is 22.1 Å². The zero-order valence-electron chi connectivity index (χ0n) is 29.9. The molecule has 5 aromatic rings. The van der Waals surface area contributed by atoms with E-state index in [4.69, 9.17) is 9.72 Å². The Hall–Kier alpha value is -5.37. The standard InChI is InChI=1S/C37H45N11O3/c1-6-47(31-13-12-30-35(40-31)34(42-41-30)27-9-14-32(38-19-27)51-24(2)3)37(50)28-15-16-45(21-28)22-33(49)48-18-17-46(20-25(48)4)29-10-7-26(8-11-29)36-39-23-44(5)43-36/h7-14,19,23-25,28H,6,15-18,20-22H2,1-5H3,(H,41,42)/t25?,28-/m1/s1. The van der Waals surface area contributed by atoms with Crippen LogP contribution in [0.3, 0.4) is 0 Å². The SMILES string of the molecule is CCN(C(=O)[C@@H]1CCN(CC(=O)N2CCN(c3ccc(-c4ncn(C)n4)cc3)CC2C)C1)c1ccc2[nH]nc(-c3ccc(OC(C)C)nc3)c2n1. The second kappa shape index (κ2) is 14.5. The fraction of sp³-hybridized carbons (Fsp3) is 0.432. The van der Waals surface area contributed by atoms with E-state index in [0.717, 1.165) is 35.4 Å². The molecule has 1 unspecified atom stereocenters. The van der Waals surface area contributed by atoms with Crippen molar-refractivity contribution in [3.8, 4) is 28.5 Å². The molecule has 0 radical (unpaired) electrons. The van der Waals surface area contributed by atoms with Crippen LogP contribution in [0.5, 0.6) is 5.88 Å². The summed E-state index contributed by atoms with van der Waals surface area (Å²) in [4.78, 5) is 49.2. The quantitative estimate of drug-likeness (QED) is 0.228. The molecule has 2 saturated heterocycles. The molecule has 1 N–H and O–H groups in total. The minimum Gasteiger partial charge on any atom is -0.475 e. The van der Waals surface area contributed by atoms with E-state index in [1.807, 2.05) is 69.1 Å². The minimum atomic E-state index is -0.213. The van der Waals surface area contributed by atoms with Crippen molar-refractivity contribution in [3.63, 3.8) is 0 Å². The minimum absolute atomic E-state index is 0.0213. The number of carbonyl (C=O) groups excluding carboxylic acids is 2. The Kier molecular flexibility index (Phi) is 9.67. The van der Waals surface area contributed by atoms with Crippen LogP contribution in [-0.4, -0.2) is 115 Å². The number of pyridine rings is 2. The maximum atomic E-state index is 13.9. The lowest BCUT2D eigenvalue weighted by Crippen LogP contribution is -2.56. The number of aromatic nitrogens is 7. The number of ether oxygens (including phenoxy) is 1. The summed E-state index contributed by atoms with van der Waals surface area (Å²) in [5.74, 6) is 1.75. The van der Waals surface area contributed by atoms with E-state index >= 15 is 0 Å². The highest BCUT2D eigenvalue weighted by atomic mass is 16.5. The molecule has 2 amide bonds. The number of amides is 2. The predicted octanol–water partition coefficient (Wildman–Crippen LogP) is 4.01. The Morgan fingerprint density at radius 3 is 2.49 bits per heavy atom. The van der Waals surface area contributed by atoms with E-state index in [1.165, 1.54) is 0 Å². The molecule has 1 aromatic carbocycles. The molecular formula is C37H45N11O3. The second-order valence-electron chi connectivity index (χ2n) is 13.7. The van der Waals surface area contributed by atoms with Crippen molar-refractivity contribution in [1.82, 2.24) is 44.7 Å². The van der Waals surface area contributed by atoms with Crippen LogP contribution in [0.2, 0.25) is 0 Å². The van der Waals surface area contributed by atoms with E-state index in [2.05, 4.69) is 54.1 Å². The Morgan fingerprint density at radius 1 is 1.00 bits per heavy atom. The predicted molar refractivity (Wildman–Crippen MR) is 195 cm³/mol. The fourth-order valence-corrected chi connectivity index (χ4v) is 7.04. The Balaban J connectivity index is 0.949. The molecule has 14 nitrogen and oxygen atoms in total. The number of carbonyl (C=O) groups is 2. The third kappa shape index (κ3) is 7.27. The van der Waals surface area contributed by atoms with Gasteiger partial charge in [-0.05, 0) is 83.1 Å². The van der Waals surface area contributed by atoms with Crippen LogP contribution in [-0.2, 0) is 16.6 Å². The Labute approximate surface area is 297 Å². The number of aromatic amines is 1. The lowest BCUT2D eigenvalue weighted by atomic mass is 10.1. The number of anilines is 2. The molecule has 14 heteroatoms. The number of fused-ring (bicyclic) bond motifs is 1. The molecule has 4 aromatic heterocycles. The zero-order valence-corrected chi connectivity index (χ0v) is 29.9. The van der Waals surface area contributed by atoms with Gasteiger partial charge in [0.15, 0.2) is 5.82 Å². The number of H-pyrrole nitrogens is 1. The summed E-state index contributed by atoms with van der Waals surface area (Å²) < 4.78 is 7.38. The topological polar surface area (TPSA) is 142 Å². The number of aryl methyl sites for hydroxylation is 1. The molecule has 0 saturated carbocycles. The Bertz CT molecular complexity index is 1990. The van der Waals surface area contributed by atoms with Gasteiger partial charge in [0.05, 0.1) is 24.1 Å². The summed E-state index contributed by atoms with van der Waals surface area (Å²) >= 11 is 0. The van der Waals surface area contributed by atoms with Crippen molar-refractivity contribution < 1.29 is 14.3 Å². The first-order chi connectivity index (χ1) is 24.7. The van der Waals surface area contributed by atoms with Gasteiger partial charge in [0.1, 0.15) is 23.4 Å². The van der Waals surface area contributed by atoms with E-state index in [0.29, 0.717) is 67.9 Å². The van der Waals surface area contributed by atoms with Crippen LogP contribution in [0.1, 0.15) is 34.1 Å². The third-order valence-electron chi connectivity index (χ3n) is 9.64. The lowest BCUT2D eigenvalue weighted by Gasteiger charge is -2.41. The molecule has 6 heterocycles. The number of hydrogen-bond donors (Lipinski definition) is 1. The van der Waals surface area contributed by atoms with Gasteiger partial charge in [0, 0.05) is 74.9 Å². The summed E-state index contributed by atoms with van der Waals surface area (Å²) in [5.41, 5.74) is 5.01. The molecule has 0 bridgehead atoms. The fourth-order valence-electron chi connectivity index (χ4n) is 7.04. The first kappa shape index (κ1) is 34.1. The smallest absolute Gasteiger partial charge is 0.237 e. The van der Waals surface area contributed by atoms with Crippen LogP contribution in [0, 0.1) is 5.92 Å². The van der Waals surface area contributed by atoms with Gasteiger partial charge in [-0.2, -0.15) is 10.2 Å². The van der Waals surface area contributed by atoms with Crippen LogP contribution in [0.25, 0.3) is 33.7 Å². The number of benzene rings is 1.